The minimum atomic E-state index is -1.80. The van der Waals surface area contributed by atoms with Gasteiger partial charge in [0.05, 0.1) is 50.7 Å². The molecule has 1 aromatic heterocycles. The average Bonchev–Trinajstić information content (AvgIpc) is 3.65. The zero-order valence-electron chi connectivity index (χ0n) is 28.4. The molecule has 5 heterocycles. The Morgan fingerprint density at radius 1 is 0.745 bits per heavy atom. The van der Waals surface area contributed by atoms with Gasteiger partial charge < -0.3 is 89.2 Å². The molecule has 11 N–H and O–H groups in total. The zero-order chi connectivity index (χ0) is 37.0. The highest BCUT2D eigenvalue weighted by Gasteiger charge is 2.52. The van der Waals surface area contributed by atoms with Gasteiger partial charge in [-0.3, -0.25) is 4.90 Å². The molecule has 17 atom stereocenters. The average molecular weight is 740 g/mol. The molecule has 20 heteroatoms. The molecule has 4 aliphatic rings. The molecule has 0 spiro atoms. The topological polar surface area (TPSA) is 299 Å². The van der Waals surface area contributed by atoms with Crippen molar-refractivity contribution < 1.29 is 84.2 Å². The lowest BCUT2D eigenvalue weighted by Gasteiger charge is -2.48. The van der Waals surface area contributed by atoms with Crippen LogP contribution in [0.15, 0.2) is 12.5 Å². The van der Waals surface area contributed by atoms with Crippen LogP contribution in [-0.2, 0) is 39.6 Å². The molecular formula is C31H53N3O17. The highest BCUT2D eigenvalue weighted by atomic mass is 16.7. The summed E-state index contributed by atoms with van der Waals surface area (Å²) in [6, 6.07) is 0. The number of aliphatic hydroxyl groups excluding tert-OH is 10. The summed E-state index contributed by atoms with van der Waals surface area (Å²) in [6.07, 6.45) is -20.0. The van der Waals surface area contributed by atoms with Crippen molar-refractivity contribution in [3.63, 3.8) is 0 Å². The molecule has 0 amide bonds. The van der Waals surface area contributed by atoms with Gasteiger partial charge in [0.2, 0.25) is 0 Å². The van der Waals surface area contributed by atoms with Gasteiger partial charge in [-0.05, 0) is 5.92 Å². The van der Waals surface area contributed by atoms with E-state index in [2.05, 4.69) is 9.97 Å². The van der Waals surface area contributed by atoms with Gasteiger partial charge in [-0.2, -0.15) is 0 Å². The lowest BCUT2D eigenvalue weighted by Crippen LogP contribution is -2.65. The molecular weight excluding hydrogens is 686 g/mol. The van der Waals surface area contributed by atoms with Crippen molar-refractivity contribution >= 4 is 0 Å². The summed E-state index contributed by atoms with van der Waals surface area (Å²) in [5.74, 6) is -0.337. The zero-order valence-corrected chi connectivity index (χ0v) is 28.4. The Morgan fingerprint density at radius 2 is 1.41 bits per heavy atom. The molecule has 4 saturated heterocycles. The van der Waals surface area contributed by atoms with Crippen LogP contribution in [0, 0.1) is 5.92 Å². The summed E-state index contributed by atoms with van der Waals surface area (Å²) in [4.78, 5) is 9.10. The Labute approximate surface area is 294 Å². The minimum Gasteiger partial charge on any atom is -0.394 e. The van der Waals surface area contributed by atoms with E-state index < -0.39 is 124 Å². The van der Waals surface area contributed by atoms with Crippen LogP contribution in [0.2, 0.25) is 0 Å². The van der Waals surface area contributed by atoms with Crippen LogP contribution in [0.25, 0.3) is 0 Å². The number of morpholine rings is 1. The van der Waals surface area contributed by atoms with Crippen LogP contribution >= 0.6 is 0 Å². The smallest absolute Gasteiger partial charge is 0.187 e. The van der Waals surface area contributed by atoms with E-state index in [1.54, 1.807) is 26.4 Å². The molecule has 0 radical (unpaired) electrons. The van der Waals surface area contributed by atoms with E-state index in [-0.39, 0.29) is 19.1 Å². The fourth-order valence-corrected chi connectivity index (χ4v) is 6.80. The lowest BCUT2D eigenvalue weighted by atomic mass is 9.89. The van der Waals surface area contributed by atoms with Crippen molar-refractivity contribution in [2.75, 3.05) is 46.1 Å². The predicted octanol–water partition coefficient (Wildman–Crippen LogP) is -5.86. The number of imidazole rings is 1. The van der Waals surface area contributed by atoms with E-state index >= 15 is 0 Å². The molecule has 294 valence electrons. The first-order valence-electron chi connectivity index (χ1n) is 17.2. The summed E-state index contributed by atoms with van der Waals surface area (Å²) < 4.78 is 40.6. The van der Waals surface area contributed by atoms with Crippen LogP contribution in [0.5, 0.6) is 0 Å². The molecule has 0 bridgehead atoms. The molecule has 51 heavy (non-hydrogen) atoms. The molecule has 20 nitrogen and oxygen atoms in total. The Hall–Kier alpha value is -1.51. The first-order chi connectivity index (χ1) is 24.4. The quantitative estimate of drug-likeness (QED) is 0.0847. The third-order valence-electron chi connectivity index (χ3n) is 9.73. The number of rotatable bonds is 14. The molecule has 5 rings (SSSR count). The monoisotopic (exact) mass is 739 g/mol. The van der Waals surface area contributed by atoms with Gasteiger partial charge in [0.15, 0.2) is 18.9 Å². The van der Waals surface area contributed by atoms with Gasteiger partial charge in [-0.15, -0.1) is 0 Å². The Bertz CT molecular complexity index is 1170. The highest BCUT2D eigenvalue weighted by molar-refractivity contribution is 4.98. The van der Waals surface area contributed by atoms with E-state index in [0.29, 0.717) is 19.5 Å². The van der Waals surface area contributed by atoms with Crippen molar-refractivity contribution in [1.82, 2.24) is 14.9 Å². The third kappa shape index (κ3) is 9.42. The number of nitrogens with zero attached hydrogens (tertiary/aromatic N) is 2. The van der Waals surface area contributed by atoms with Crippen LogP contribution in [0.4, 0.5) is 0 Å². The molecule has 0 aliphatic carbocycles. The van der Waals surface area contributed by atoms with Crippen LogP contribution in [0.3, 0.4) is 0 Å². The Morgan fingerprint density at radius 3 is 2.06 bits per heavy atom. The number of aromatic nitrogens is 2. The first kappa shape index (κ1) is 40.7. The number of hydrogen-bond donors (Lipinski definition) is 11. The van der Waals surface area contributed by atoms with Crippen molar-refractivity contribution in [2.24, 2.45) is 5.92 Å². The maximum Gasteiger partial charge on any atom is 0.187 e. The standard InChI is InChI=1S/C31H53N3O17/c1-13(2)27-25(43)28(51-31-24(42)23(41)20(38)16(9-36)49-31)22(40)18(47-27)11-45-30-26(44)29(21(39)17(10-37)48-30)50-19-7-34(6-15(8-35)46-19)4-3-14-5-32-12-33-14/h5,12-13,15-31,35-44H,3-4,6-11H2,1-2H3,(H,32,33). The van der Waals surface area contributed by atoms with Crippen LogP contribution < -0.4 is 0 Å². The normalized spacial score (nSPS) is 44.2. The molecule has 1 aromatic rings. The highest BCUT2D eigenvalue weighted by Crippen LogP contribution is 2.33. The first-order valence-corrected chi connectivity index (χ1v) is 17.2. The summed E-state index contributed by atoms with van der Waals surface area (Å²) in [7, 11) is 0. The van der Waals surface area contributed by atoms with Gasteiger partial charge in [0, 0.05) is 32.3 Å². The Kier molecular flexibility index (Phi) is 14.5. The predicted molar refractivity (Wildman–Crippen MR) is 167 cm³/mol. The van der Waals surface area contributed by atoms with Crippen molar-refractivity contribution in [3.8, 4) is 0 Å². The molecule has 4 fully saturated rings. The van der Waals surface area contributed by atoms with E-state index in [1.807, 2.05) is 4.90 Å². The van der Waals surface area contributed by atoms with Gasteiger partial charge in [0.25, 0.3) is 0 Å². The van der Waals surface area contributed by atoms with Crippen molar-refractivity contribution in [3.05, 3.63) is 18.2 Å². The van der Waals surface area contributed by atoms with Gasteiger partial charge in [-0.1, -0.05) is 13.8 Å². The summed E-state index contributed by atoms with van der Waals surface area (Å²) in [5, 5.41) is 105. The third-order valence-corrected chi connectivity index (χ3v) is 9.73. The number of hydrogen-bond acceptors (Lipinski definition) is 19. The van der Waals surface area contributed by atoms with Crippen molar-refractivity contribution in [2.45, 2.75) is 125 Å². The van der Waals surface area contributed by atoms with Gasteiger partial charge in [0.1, 0.15) is 73.2 Å². The molecule has 17 unspecified atom stereocenters. The fraction of sp³-hybridized carbons (Fsp3) is 0.903. The lowest BCUT2D eigenvalue weighted by molar-refractivity contribution is -0.354. The van der Waals surface area contributed by atoms with E-state index in [0.717, 1.165) is 5.69 Å². The summed E-state index contributed by atoms with van der Waals surface area (Å²) in [5.41, 5.74) is 0.841. The van der Waals surface area contributed by atoms with E-state index in [9.17, 15) is 51.1 Å². The second kappa shape index (κ2) is 18.2. The van der Waals surface area contributed by atoms with Gasteiger partial charge >= 0.3 is 0 Å². The molecule has 0 saturated carbocycles. The van der Waals surface area contributed by atoms with Gasteiger partial charge in [-0.25, -0.2) is 4.98 Å². The number of aromatic amines is 1. The number of aliphatic hydroxyl groups is 10. The maximum absolute atomic E-state index is 11.3. The van der Waals surface area contributed by atoms with E-state index in [4.69, 9.17) is 33.2 Å². The second-order valence-corrected chi connectivity index (χ2v) is 13.7. The van der Waals surface area contributed by atoms with Crippen molar-refractivity contribution in [1.29, 1.82) is 0 Å². The number of ether oxygens (including phenoxy) is 7. The second-order valence-electron chi connectivity index (χ2n) is 13.7. The molecule has 0 aromatic carbocycles. The summed E-state index contributed by atoms with van der Waals surface area (Å²) >= 11 is 0. The summed E-state index contributed by atoms with van der Waals surface area (Å²) in [6.45, 7) is 2.51. The largest absolute Gasteiger partial charge is 0.394 e. The van der Waals surface area contributed by atoms with Crippen LogP contribution in [-0.4, -0.2) is 216 Å². The Balaban J connectivity index is 1.25. The SMILES string of the molecule is CC(C)C1OC(COC2OC(CO)C(O)C(OC3CN(CCc4c[nH]cn4)CC(CO)O3)C2O)C(O)C(OC2OC(CO)C(O)C(O)C2O)C1O. The number of H-pyrrole nitrogens is 1. The maximum atomic E-state index is 11.3. The number of nitrogens with one attached hydrogen (secondary N) is 1. The van der Waals surface area contributed by atoms with Crippen LogP contribution in [0.1, 0.15) is 19.5 Å². The van der Waals surface area contributed by atoms with E-state index in [1.165, 1.54) is 0 Å². The molecule has 4 aliphatic heterocycles. The fourth-order valence-electron chi connectivity index (χ4n) is 6.80. The minimum absolute atomic E-state index is 0.226.